The predicted octanol–water partition coefficient (Wildman–Crippen LogP) is 8.20. The molecular weight excluding hydrogens is 456 g/mol. The van der Waals surface area contributed by atoms with Crippen molar-refractivity contribution in [3.8, 4) is 28.0 Å². The summed E-state index contributed by atoms with van der Waals surface area (Å²) in [5.41, 5.74) is 1.34. The van der Waals surface area contributed by atoms with Crippen molar-refractivity contribution in [1.29, 1.82) is 0 Å². The first-order chi connectivity index (χ1) is 16.9. The number of hydrogen-bond donors (Lipinski definition) is 0. The average Bonchev–Trinajstić information content (AvgIpc) is 2.88. The fourth-order valence-electron chi connectivity index (χ4n) is 4.57. The van der Waals surface area contributed by atoms with E-state index in [1.54, 1.807) is 36.4 Å². The highest BCUT2D eigenvalue weighted by molar-refractivity contribution is 5.71. The normalized spacial score (nSPS) is 18.2. The lowest BCUT2D eigenvalue weighted by atomic mass is 9.88. The highest BCUT2D eigenvalue weighted by Crippen LogP contribution is 2.36. The Hall–Kier alpha value is -3.12. The van der Waals surface area contributed by atoms with E-state index in [9.17, 15) is 8.78 Å². The number of rotatable bonds is 7. The van der Waals surface area contributed by atoms with Crippen molar-refractivity contribution in [2.45, 2.75) is 44.6 Å². The van der Waals surface area contributed by atoms with Gasteiger partial charge in [-0.1, -0.05) is 48.6 Å². The van der Waals surface area contributed by atoms with Crippen LogP contribution in [0.5, 0.6) is 5.75 Å². The van der Waals surface area contributed by atoms with Gasteiger partial charge in [-0.15, -0.1) is 0 Å². The summed E-state index contributed by atoms with van der Waals surface area (Å²) in [4.78, 5) is 0. The Labute approximate surface area is 203 Å². The zero-order valence-electron chi connectivity index (χ0n) is 19.8. The quantitative estimate of drug-likeness (QED) is 0.249. The Morgan fingerprint density at radius 2 is 1.46 bits per heavy atom. The topological polar surface area (TPSA) is 18.5 Å². The van der Waals surface area contributed by atoms with Crippen molar-refractivity contribution in [3.63, 3.8) is 0 Å². The van der Waals surface area contributed by atoms with E-state index in [1.807, 2.05) is 13.0 Å². The number of hydrogen-bond acceptors (Lipinski definition) is 2. The van der Waals surface area contributed by atoms with Gasteiger partial charge in [-0.3, -0.25) is 0 Å². The van der Waals surface area contributed by atoms with Crippen LogP contribution in [-0.4, -0.2) is 19.8 Å². The van der Waals surface area contributed by atoms with E-state index in [0.29, 0.717) is 23.3 Å². The molecule has 184 valence electrons. The van der Waals surface area contributed by atoms with Crippen LogP contribution in [0.25, 0.3) is 22.3 Å². The summed E-state index contributed by atoms with van der Waals surface area (Å²) in [6.45, 7) is 2.35. The number of methoxy groups -OCH3 is 1. The summed E-state index contributed by atoms with van der Waals surface area (Å²) in [6, 6.07) is 12.2. The Morgan fingerprint density at radius 1 is 0.829 bits per heavy atom. The highest BCUT2D eigenvalue weighted by atomic mass is 19.2. The van der Waals surface area contributed by atoms with E-state index < -0.39 is 23.3 Å². The van der Waals surface area contributed by atoms with E-state index >= 15 is 8.78 Å². The number of halogens is 4. The third-order valence-electron chi connectivity index (χ3n) is 6.59. The van der Waals surface area contributed by atoms with Gasteiger partial charge in [0.15, 0.2) is 23.2 Å². The molecule has 4 rings (SSSR count). The predicted molar refractivity (Wildman–Crippen MR) is 129 cm³/mol. The first kappa shape index (κ1) is 25.0. The maximum absolute atomic E-state index is 15.1. The largest absolute Gasteiger partial charge is 0.494 e. The molecule has 3 aromatic carbocycles. The SMILES string of the molecule is C/C=C/CCC1CCC(c2ccc(-c3ccc(-c4ccc(OC)c(F)c4F)cc3)c(F)c2F)CO1. The molecule has 1 fully saturated rings. The Morgan fingerprint density at radius 3 is 2.03 bits per heavy atom. The molecule has 0 spiro atoms. The van der Waals surface area contributed by atoms with Crippen LogP contribution in [0.2, 0.25) is 0 Å². The molecule has 1 aliphatic rings. The Kier molecular flexibility index (Phi) is 7.91. The van der Waals surface area contributed by atoms with Crippen molar-refractivity contribution in [1.82, 2.24) is 0 Å². The van der Waals surface area contributed by atoms with Crippen LogP contribution in [0.1, 0.15) is 44.1 Å². The molecule has 1 saturated heterocycles. The maximum Gasteiger partial charge on any atom is 0.201 e. The monoisotopic (exact) mass is 484 g/mol. The smallest absolute Gasteiger partial charge is 0.201 e. The third-order valence-corrected chi connectivity index (χ3v) is 6.59. The molecule has 0 amide bonds. The van der Waals surface area contributed by atoms with Gasteiger partial charge in [0.05, 0.1) is 19.8 Å². The molecule has 2 unspecified atom stereocenters. The molecule has 2 nitrogen and oxygen atoms in total. The van der Waals surface area contributed by atoms with E-state index in [4.69, 9.17) is 9.47 Å². The minimum absolute atomic E-state index is 0.0539. The molecule has 0 aromatic heterocycles. The van der Waals surface area contributed by atoms with Gasteiger partial charge < -0.3 is 9.47 Å². The van der Waals surface area contributed by atoms with Crippen molar-refractivity contribution in [2.24, 2.45) is 0 Å². The van der Waals surface area contributed by atoms with Crippen LogP contribution >= 0.6 is 0 Å². The summed E-state index contributed by atoms with van der Waals surface area (Å²) in [7, 11) is 1.26. The lowest BCUT2D eigenvalue weighted by Gasteiger charge is -2.29. The lowest BCUT2D eigenvalue weighted by Crippen LogP contribution is -2.25. The molecule has 1 heterocycles. The van der Waals surface area contributed by atoms with Crippen LogP contribution in [0.15, 0.2) is 60.7 Å². The standard InChI is InChI=1S/C29H28F4O2/c1-3-4-5-6-21-12-11-20(17-35-21)24-14-13-22(26(30)27(24)31)18-7-9-19(10-8-18)23-15-16-25(34-2)29(33)28(23)32/h3-4,7-10,13-16,20-21H,5-6,11-12,17H2,1-2H3/b4-3+. The van der Waals surface area contributed by atoms with Gasteiger partial charge in [0.2, 0.25) is 5.82 Å². The first-order valence-corrected chi connectivity index (χ1v) is 11.8. The summed E-state index contributed by atoms with van der Waals surface area (Å²) < 4.78 is 69.3. The van der Waals surface area contributed by atoms with Crippen molar-refractivity contribution in [3.05, 3.63) is 89.5 Å². The zero-order valence-corrected chi connectivity index (χ0v) is 19.8. The Balaban J connectivity index is 1.51. The summed E-state index contributed by atoms with van der Waals surface area (Å²) in [6.07, 6.45) is 7.69. The van der Waals surface area contributed by atoms with Gasteiger partial charge in [-0.25, -0.2) is 13.2 Å². The summed E-state index contributed by atoms with van der Waals surface area (Å²) in [5.74, 6) is -4.27. The number of benzene rings is 3. The van der Waals surface area contributed by atoms with E-state index in [0.717, 1.165) is 25.7 Å². The second-order valence-electron chi connectivity index (χ2n) is 8.73. The second-order valence-corrected chi connectivity index (χ2v) is 8.73. The van der Waals surface area contributed by atoms with E-state index in [1.165, 1.54) is 19.2 Å². The fourth-order valence-corrected chi connectivity index (χ4v) is 4.57. The third kappa shape index (κ3) is 5.27. The fraction of sp³-hybridized carbons (Fsp3) is 0.310. The number of allylic oxidation sites excluding steroid dienone is 2. The molecule has 0 saturated carbocycles. The van der Waals surface area contributed by atoms with Gasteiger partial charge in [0, 0.05) is 17.0 Å². The van der Waals surface area contributed by atoms with Crippen molar-refractivity contribution in [2.75, 3.05) is 13.7 Å². The van der Waals surface area contributed by atoms with Crippen LogP contribution in [-0.2, 0) is 4.74 Å². The molecule has 1 aliphatic heterocycles. The van der Waals surface area contributed by atoms with Crippen molar-refractivity contribution >= 4 is 0 Å². The molecule has 0 bridgehead atoms. The summed E-state index contributed by atoms with van der Waals surface area (Å²) in [5, 5.41) is 0. The number of ether oxygens (including phenoxy) is 2. The molecule has 0 aliphatic carbocycles. The van der Waals surface area contributed by atoms with Crippen LogP contribution < -0.4 is 4.74 Å². The van der Waals surface area contributed by atoms with Crippen molar-refractivity contribution < 1.29 is 27.0 Å². The molecule has 3 aromatic rings. The molecule has 2 atom stereocenters. The maximum atomic E-state index is 15.1. The lowest BCUT2D eigenvalue weighted by molar-refractivity contribution is -0.000894. The van der Waals surface area contributed by atoms with Gasteiger partial charge in [-0.2, -0.15) is 4.39 Å². The highest BCUT2D eigenvalue weighted by Gasteiger charge is 2.27. The van der Waals surface area contributed by atoms with Gasteiger partial charge in [-0.05, 0) is 61.4 Å². The first-order valence-electron chi connectivity index (χ1n) is 11.8. The van der Waals surface area contributed by atoms with Gasteiger partial charge in [0.1, 0.15) is 0 Å². The van der Waals surface area contributed by atoms with Gasteiger partial charge in [0.25, 0.3) is 0 Å². The second kappa shape index (κ2) is 11.1. The van der Waals surface area contributed by atoms with Crippen LogP contribution in [0, 0.1) is 23.3 Å². The van der Waals surface area contributed by atoms with Crippen LogP contribution in [0.3, 0.4) is 0 Å². The minimum atomic E-state index is -1.08. The zero-order chi connectivity index (χ0) is 24.9. The Bertz CT molecular complexity index is 1200. The van der Waals surface area contributed by atoms with Crippen LogP contribution in [0.4, 0.5) is 17.6 Å². The van der Waals surface area contributed by atoms with E-state index in [2.05, 4.69) is 6.08 Å². The molecule has 0 N–H and O–H groups in total. The summed E-state index contributed by atoms with van der Waals surface area (Å²) >= 11 is 0. The molecular formula is C29H28F4O2. The average molecular weight is 485 g/mol. The van der Waals surface area contributed by atoms with Gasteiger partial charge >= 0.3 is 0 Å². The molecule has 0 radical (unpaired) electrons. The van der Waals surface area contributed by atoms with E-state index in [-0.39, 0.29) is 28.9 Å². The molecule has 6 heteroatoms. The minimum Gasteiger partial charge on any atom is -0.494 e. The molecule has 35 heavy (non-hydrogen) atoms.